The van der Waals surface area contributed by atoms with E-state index < -0.39 is 12.3 Å². The average Bonchev–Trinajstić information content (AvgIpc) is 3.31. The summed E-state index contributed by atoms with van der Waals surface area (Å²) < 4.78 is 6.40. The zero-order valence-corrected chi connectivity index (χ0v) is 20.2. The predicted octanol–water partition coefficient (Wildman–Crippen LogP) is 3.13. The van der Waals surface area contributed by atoms with Gasteiger partial charge in [0.2, 0.25) is 11.8 Å². The number of hydrogen-bond donors (Lipinski definition) is 2. The minimum absolute atomic E-state index is 0.160. The Morgan fingerprint density at radius 3 is 2.12 bits per heavy atom. The lowest BCUT2D eigenvalue weighted by Gasteiger charge is -2.55. The van der Waals surface area contributed by atoms with Crippen LogP contribution in [-0.4, -0.2) is 75.3 Å². The molecule has 0 aromatic carbocycles. The molecule has 6 fully saturated rings. The predicted molar refractivity (Wildman–Crippen MR) is 125 cm³/mol. The van der Waals surface area contributed by atoms with E-state index >= 15 is 0 Å². The Kier molecular flexibility index (Phi) is 6.04. The minimum Gasteiger partial charge on any atom is -0.424 e. The van der Waals surface area contributed by atoms with Crippen LogP contribution in [0, 0.1) is 23.7 Å². The number of hydrogen-bond acceptors (Lipinski definition) is 7. The van der Waals surface area contributed by atoms with Crippen molar-refractivity contribution in [3.63, 3.8) is 0 Å². The zero-order valence-electron chi connectivity index (χ0n) is 20.2. The molecule has 7 heteroatoms. The van der Waals surface area contributed by atoms with Crippen LogP contribution in [0.4, 0.5) is 0 Å². The SMILES string of the molecule is CC1CCN(CC(O)C(O)N2CCC(c3nnc(C45CC6CC(CC(C6)C4)C5)o3)CC2)CC1. The summed E-state index contributed by atoms with van der Waals surface area (Å²) in [4.78, 5) is 4.33. The number of aliphatic hydroxyl groups is 2. The topological polar surface area (TPSA) is 85.9 Å². The standard InChI is InChI=1S/C26H42N4O3/c1-17-2-6-29(7-3-17)16-22(31)24(32)30-8-4-21(5-9-30)23-27-28-25(33-23)26-13-18-10-19(14-26)12-20(11-18)15-26/h17-22,24,31-32H,2-16H2,1H3. The van der Waals surface area contributed by atoms with Crippen LogP contribution >= 0.6 is 0 Å². The van der Waals surface area contributed by atoms with Gasteiger partial charge in [0.15, 0.2) is 0 Å². The summed E-state index contributed by atoms with van der Waals surface area (Å²) in [6.45, 7) is 6.42. The highest BCUT2D eigenvalue weighted by Gasteiger charge is 2.54. The highest BCUT2D eigenvalue weighted by atomic mass is 16.4. The maximum Gasteiger partial charge on any atom is 0.222 e. The Balaban J connectivity index is 1.03. The van der Waals surface area contributed by atoms with E-state index in [-0.39, 0.29) is 11.3 Å². The fourth-order valence-corrected chi connectivity index (χ4v) is 8.24. The summed E-state index contributed by atoms with van der Waals surface area (Å²) in [6, 6.07) is 0. The van der Waals surface area contributed by atoms with Gasteiger partial charge in [-0.1, -0.05) is 6.92 Å². The van der Waals surface area contributed by atoms with E-state index in [0.717, 1.165) is 74.5 Å². The molecule has 7 nitrogen and oxygen atoms in total. The Labute approximate surface area is 197 Å². The van der Waals surface area contributed by atoms with Crippen LogP contribution in [0.1, 0.15) is 88.8 Å². The number of rotatable bonds is 6. The van der Waals surface area contributed by atoms with Crippen molar-refractivity contribution in [1.82, 2.24) is 20.0 Å². The highest BCUT2D eigenvalue weighted by Crippen LogP contribution is 2.60. The summed E-state index contributed by atoms with van der Waals surface area (Å²) in [5, 5.41) is 30.6. The second-order valence-corrected chi connectivity index (χ2v) is 12.4. The van der Waals surface area contributed by atoms with Gasteiger partial charge in [0, 0.05) is 31.0 Å². The van der Waals surface area contributed by atoms with E-state index in [2.05, 4.69) is 22.0 Å². The van der Waals surface area contributed by atoms with Gasteiger partial charge in [0.05, 0.1) is 0 Å². The van der Waals surface area contributed by atoms with Crippen LogP contribution in [0.25, 0.3) is 0 Å². The molecule has 2 unspecified atom stereocenters. The first kappa shape index (κ1) is 22.4. The van der Waals surface area contributed by atoms with Crippen molar-refractivity contribution < 1.29 is 14.6 Å². The molecule has 0 amide bonds. The van der Waals surface area contributed by atoms with Gasteiger partial charge in [-0.15, -0.1) is 10.2 Å². The van der Waals surface area contributed by atoms with Crippen molar-refractivity contribution >= 4 is 0 Å². The molecule has 1 aromatic rings. The Hall–Kier alpha value is -1.02. The molecule has 33 heavy (non-hydrogen) atoms. The Morgan fingerprint density at radius 2 is 1.52 bits per heavy atom. The normalized spacial score (nSPS) is 38.1. The molecule has 4 bridgehead atoms. The summed E-state index contributed by atoms with van der Waals surface area (Å²) in [5.41, 5.74) is 0.160. The summed E-state index contributed by atoms with van der Waals surface area (Å²) in [6.07, 6.45) is 10.7. The van der Waals surface area contributed by atoms with Crippen LogP contribution in [0.15, 0.2) is 4.42 Å². The molecule has 2 N–H and O–H groups in total. The number of nitrogens with zero attached hydrogens (tertiary/aromatic N) is 4. The smallest absolute Gasteiger partial charge is 0.222 e. The highest BCUT2D eigenvalue weighted by molar-refractivity contribution is 5.15. The molecular formula is C26H42N4O3. The monoisotopic (exact) mass is 458 g/mol. The van der Waals surface area contributed by atoms with E-state index in [1.54, 1.807) is 0 Å². The number of aliphatic hydroxyl groups excluding tert-OH is 2. The first-order chi connectivity index (χ1) is 16.0. The van der Waals surface area contributed by atoms with Gasteiger partial charge < -0.3 is 19.5 Å². The number of β-amino-alcohol motifs (C(OH)–C–C–N with tert-alkyl or cyclic N) is 1. The van der Waals surface area contributed by atoms with Crippen LogP contribution in [0.2, 0.25) is 0 Å². The summed E-state index contributed by atoms with van der Waals surface area (Å²) >= 11 is 0. The number of likely N-dealkylation sites (tertiary alicyclic amines) is 2. The molecule has 0 radical (unpaired) electrons. The van der Waals surface area contributed by atoms with Gasteiger partial charge in [-0.3, -0.25) is 4.90 Å². The van der Waals surface area contributed by atoms with E-state index in [1.165, 1.54) is 51.4 Å². The molecule has 184 valence electrons. The number of aromatic nitrogens is 2. The van der Waals surface area contributed by atoms with Crippen molar-refractivity contribution in [2.45, 2.75) is 94.8 Å². The van der Waals surface area contributed by atoms with Crippen molar-refractivity contribution in [2.24, 2.45) is 23.7 Å². The Morgan fingerprint density at radius 1 is 0.909 bits per heavy atom. The first-order valence-corrected chi connectivity index (χ1v) is 13.6. The molecule has 1 aromatic heterocycles. The first-order valence-electron chi connectivity index (χ1n) is 13.6. The Bertz CT molecular complexity index is 777. The molecule has 2 aliphatic heterocycles. The second kappa shape index (κ2) is 8.89. The van der Waals surface area contributed by atoms with Crippen LogP contribution < -0.4 is 0 Å². The average molecular weight is 459 g/mol. The fraction of sp³-hybridized carbons (Fsp3) is 0.923. The van der Waals surface area contributed by atoms with Gasteiger partial charge >= 0.3 is 0 Å². The molecule has 4 saturated carbocycles. The molecule has 7 rings (SSSR count). The lowest BCUT2D eigenvalue weighted by Crippen LogP contribution is -2.51. The molecule has 2 saturated heterocycles. The van der Waals surface area contributed by atoms with Crippen molar-refractivity contribution in [3.05, 3.63) is 11.8 Å². The third kappa shape index (κ3) is 4.39. The molecule has 6 aliphatic rings. The molecule has 4 aliphatic carbocycles. The van der Waals surface area contributed by atoms with Gasteiger partial charge in [-0.2, -0.15) is 0 Å². The molecule has 0 spiro atoms. The second-order valence-electron chi connectivity index (χ2n) is 12.4. The third-order valence-electron chi connectivity index (χ3n) is 9.85. The van der Waals surface area contributed by atoms with E-state index in [9.17, 15) is 10.2 Å². The van der Waals surface area contributed by atoms with Crippen LogP contribution in [0.5, 0.6) is 0 Å². The lowest BCUT2D eigenvalue weighted by molar-refractivity contribution is -0.101. The quantitative estimate of drug-likeness (QED) is 0.677. The van der Waals surface area contributed by atoms with E-state index in [4.69, 9.17) is 4.42 Å². The summed E-state index contributed by atoms with van der Waals surface area (Å²) in [5.74, 6) is 5.38. The summed E-state index contributed by atoms with van der Waals surface area (Å²) in [7, 11) is 0. The van der Waals surface area contributed by atoms with Gasteiger partial charge in [0.1, 0.15) is 12.3 Å². The van der Waals surface area contributed by atoms with Crippen LogP contribution in [0.3, 0.4) is 0 Å². The molecule has 3 heterocycles. The molecular weight excluding hydrogens is 416 g/mol. The maximum absolute atomic E-state index is 10.8. The maximum atomic E-state index is 10.8. The largest absolute Gasteiger partial charge is 0.424 e. The minimum atomic E-state index is -0.796. The van der Waals surface area contributed by atoms with Gasteiger partial charge in [0.25, 0.3) is 0 Å². The fourth-order valence-electron chi connectivity index (χ4n) is 8.24. The molecule has 2 atom stereocenters. The van der Waals surface area contributed by atoms with Gasteiger partial charge in [-0.25, -0.2) is 0 Å². The van der Waals surface area contributed by atoms with Gasteiger partial charge in [-0.05, 0) is 101 Å². The van der Waals surface area contributed by atoms with Crippen molar-refractivity contribution in [3.8, 4) is 0 Å². The van der Waals surface area contributed by atoms with Crippen molar-refractivity contribution in [2.75, 3.05) is 32.7 Å². The van der Waals surface area contributed by atoms with Crippen LogP contribution in [-0.2, 0) is 5.41 Å². The number of piperidine rings is 2. The third-order valence-corrected chi connectivity index (χ3v) is 9.85. The zero-order chi connectivity index (χ0) is 22.6. The van der Waals surface area contributed by atoms with E-state index in [0.29, 0.717) is 6.54 Å². The lowest BCUT2D eigenvalue weighted by atomic mass is 9.49. The van der Waals surface area contributed by atoms with E-state index in [1.807, 2.05) is 4.90 Å². The van der Waals surface area contributed by atoms with Crippen molar-refractivity contribution in [1.29, 1.82) is 0 Å².